The van der Waals surface area contributed by atoms with Gasteiger partial charge in [-0.05, 0) is 50.7 Å². The van der Waals surface area contributed by atoms with E-state index in [0.717, 1.165) is 18.4 Å². The third kappa shape index (κ3) is 3.58. The van der Waals surface area contributed by atoms with E-state index in [1.54, 1.807) is 0 Å². The molecule has 0 spiro atoms. The molecule has 2 heteroatoms. The first-order valence-corrected chi connectivity index (χ1v) is 6.22. The van der Waals surface area contributed by atoms with Crippen LogP contribution in [0.25, 0.3) is 0 Å². The minimum absolute atomic E-state index is 0.878. The van der Waals surface area contributed by atoms with Crippen molar-refractivity contribution in [2.45, 2.75) is 39.5 Å². The van der Waals surface area contributed by atoms with Crippen molar-refractivity contribution in [2.24, 2.45) is 17.6 Å². The van der Waals surface area contributed by atoms with Crippen molar-refractivity contribution in [3.63, 3.8) is 0 Å². The van der Waals surface area contributed by atoms with Gasteiger partial charge in [0.2, 0.25) is 0 Å². The average Bonchev–Trinajstić information content (AvgIpc) is 2.63. The Kier molecular flexibility index (Phi) is 5.49. The highest BCUT2D eigenvalue weighted by molar-refractivity contribution is 4.77. The largest absolute Gasteiger partial charge is 0.330 e. The van der Waals surface area contributed by atoms with Crippen LogP contribution in [0, 0.1) is 11.8 Å². The smallest absolute Gasteiger partial charge is 0.000953 e. The molecule has 2 N–H and O–H groups in total. The lowest BCUT2D eigenvalue weighted by Crippen LogP contribution is -2.28. The molecule has 0 bridgehead atoms. The molecule has 1 fully saturated rings. The molecule has 1 saturated carbocycles. The average molecular weight is 198 g/mol. The highest BCUT2D eigenvalue weighted by Crippen LogP contribution is 2.33. The Morgan fingerprint density at radius 3 is 2.36 bits per heavy atom. The minimum Gasteiger partial charge on any atom is -0.330 e. The summed E-state index contributed by atoms with van der Waals surface area (Å²) in [4.78, 5) is 2.55. The predicted octanol–water partition coefficient (Wildman–Crippen LogP) is 2.09. The molecule has 0 aromatic rings. The van der Waals surface area contributed by atoms with Crippen LogP contribution in [0.4, 0.5) is 0 Å². The molecule has 0 heterocycles. The highest BCUT2D eigenvalue weighted by atomic mass is 15.1. The van der Waals surface area contributed by atoms with Gasteiger partial charge in [-0.3, -0.25) is 0 Å². The fourth-order valence-electron chi connectivity index (χ4n) is 2.69. The number of nitrogens with zero attached hydrogens (tertiary/aromatic N) is 1. The second kappa shape index (κ2) is 6.41. The van der Waals surface area contributed by atoms with Gasteiger partial charge in [-0.25, -0.2) is 0 Å². The molecule has 1 aliphatic carbocycles. The third-order valence-corrected chi connectivity index (χ3v) is 3.64. The monoisotopic (exact) mass is 198 g/mol. The summed E-state index contributed by atoms with van der Waals surface area (Å²) < 4.78 is 0. The highest BCUT2D eigenvalue weighted by Gasteiger charge is 2.24. The molecule has 0 aromatic carbocycles. The SMILES string of the molecule is CCN(CC)CC1CCC(CCN)C1. The summed E-state index contributed by atoms with van der Waals surface area (Å²) in [6, 6.07) is 0. The van der Waals surface area contributed by atoms with Gasteiger partial charge in [0.05, 0.1) is 0 Å². The molecular formula is C12H26N2. The zero-order valence-corrected chi connectivity index (χ0v) is 9.84. The predicted molar refractivity (Wildman–Crippen MR) is 62.3 cm³/mol. The molecule has 2 nitrogen and oxygen atoms in total. The second-order valence-corrected chi connectivity index (χ2v) is 4.61. The Labute approximate surface area is 88.8 Å². The van der Waals surface area contributed by atoms with Gasteiger partial charge in [0.1, 0.15) is 0 Å². The van der Waals surface area contributed by atoms with Crippen LogP contribution in [0.15, 0.2) is 0 Å². The quantitative estimate of drug-likeness (QED) is 0.708. The summed E-state index contributed by atoms with van der Waals surface area (Å²) in [5.41, 5.74) is 5.60. The maximum atomic E-state index is 5.60. The number of rotatable bonds is 6. The molecule has 0 aromatic heterocycles. The Morgan fingerprint density at radius 2 is 1.79 bits per heavy atom. The van der Waals surface area contributed by atoms with Crippen LogP contribution < -0.4 is 5.73 Å². The van der Waals surface area contributed by atoms with Crippen molar-refractivity contribution in [1.82, 2.24) is 4.90 Å². The number of hydrogen-bond donors (Lipinski definition) is 1. The summed E-state index contributed by atoms with van der Waals surface area (Å²) >= 11 is 0. The van der Waals surface area contributed by atoms with Gasteiger partial charge in [0, 0.05) is 6.54 Å². The molecular weight excluding hydrogens is 172 g/mol. The first kappa shape index (κ1) is 12.0. The first-order valence-electron chi connectivity index (χ1n) is 6.22. The van der Waals surface area contributed by atoms with Crippen molar-refractivity contribution in [3.8, 4) is 0 Å². The van der Waals surface area contributed by atoms with Crippen molar-refractivity contribution >= 4 is 0 Å². The molecule has 14 heavy (non-hydrogen) atoms. The summed E-state index contributed by atoms with van der Waals surface area (Å²) in [5, 5.41) is 0. The maximum absolute atomic E-state index is 5.60. The minimum atomic E-state index is 0.878. The summed E-state index contributed by atoms with van der Waals surface area (Å²) in [7, 11) is 0. The van der Waals surface area contributed by atoms with Crippen molar-refractivity contribution < 1.29 is 0 Å². The maximum Gasteiger partial charge on any atom is 0.000953 e. The van der Waals surface area contributed by atoms with Gasteiger partial charge in [-0.2, -0.15) is 0 Å². The lowest BCUT2D eigenvalue weighted by molar-refractivity contribution is 0.250. The van der Waals surface area contributed by atoms with Crippen molar-refractivity contribution in [2.75, 3.05) is 26.2 Å². The molecule has 1 rings (SSSR count). The summed E-state index contributed by atoms with van der Waals surface area (Å²) in [6.45, 7) is 9.12. The Balaban J connectivity index is 2.21. The molecule has 2 atom stereocenters. The van der Waals surface area contributed by atoms with Crippen LogP contribution in [0.3, 0.4) is 0 Å². The molecule has 1 aliphatic rings. The van der Waals surface area contributed by atoms with Crippen LogP contribution >= 0.6 is 0 Å². The summed E-state index contributed by atoms with van der Waals surface area (Å²) in [5.74, 6) is 1.88. The first-order chi connectivity index (χ1) is 6.80. The van der Waals surface area contributed by atoms with Gasteiger partial charge >= 0.3 is 0 Å². The van der Waals surface area contributed by atoms with E-state index in [0.29, 0.717) is 0 Å². The zero-order chi connectivity index (χ0) is 10.4. The van der Waals surface area contributed by atoms with Crippen LogP contribution in [0.2, 0.25) is 0 Å². The van der Waals surface area contributed by atoms with Crippen LogP contribution in [0.1, 0.15) is 39.5 Å². The van der Waals surface area contributed by atoms with Gasteiger partial charge in [-0.1, -0.05) is 20.3 Å². The van der Waals surface area contributed by atoms with E-state index in [9.17, 15) is 0 Å². The van der Waals surface area contributed by atoms with Crippen molar-refractivity contribution in [1.29, 1.82) is 0 Å². The Hall–Kier alpha value is -0.0800. The van der Waals surface area contributed by atoms with E-state index >= 15 is 0 Å². The van der Waals surface area contributed by atoms with Gasteiger partial charge in [-0.15, -0.1) is 0 Å². The molecule has 2 unspecified atom stereocenters. The number of hydrogen-bond acceptors (Lipinski definition) is 2. The Bertz CT molecular complexity index is 143. The third-order valence-electron chi connectivity index (χ3n) is 3.64. The molecule has 0 amide bonds. The lowest BCUT2D eigenvalue weighted by Gasteiger charge is -2.22. The molecule has 0 saturated heterocycles. The summed E-state index contributed by atoms with van der Waals surface area (Å²) in [6.07, 6.45) is 5.52. The number of nitrogens with two attached hydrogens (primary N) is 1. The van der Waals surface area contributed by atoms with Gasteiger partial charge in [0.25, 0.3) is 0 Å². The fourth-order valence-corrected chi connectivity index (χ4v) is 2.69. The molecule has 84 valence electrons. The normalized spacial score (nSPS) is 27.4. The van der Waals surface area contributed by atoms with E-state index in [2.05, 4.69) is 18.7 Å². The standard InChI is InChI=1S/C12H26N2/c1-3-14(4-2)10-12-6-5-11(9-12)7-8-13/h11-12H,3-10,13H2,1-2H3. The van der Waals surface area contributed by atoms with Gasteiger partial charge < -0.3 is 10.6 Å². The van der Waals surface area contributed by atoms with E-state index < -0.39 is 0 Å². The fraction of sp³-hybridized carbons (Fsp3) is 1.00. The zero-order valence-electron chi connectivity index (χ0n) is 9.84. The van der Waals surface area contributed by atoms with Crippen LogP contribution in [-0.4, -0.2) is 31.1 Å². The van der Waals surface area contributed by atoms with E-state index in [4.69, 9.17) is 5.73 Å². The van der Waals surface area contributed by atoms with E-state index in [1.807, 2.05) is 0 Å². The van der Waals surface area contributed by atoms with Gasteiger partial charge in [0.15, 0.2) is 0 Å². The van der Waals surface area contributed by atoms with E-state index in [1.165, 1.54) is 45.3 Å². The topological polar surface area (TPSA) is 29.3 Å². The van der Waals surface area contributed by atoms with Crippen LogP contribution in [-0.2, 0) is 0 Å². The van der Waals surface area contributed by atoms with Crippen LogP contribution in [0.5, 0.6) is 0 Å². The lowest BCUT2D eigenvalue weighted by atomic mass is 10.0. The van der Waals surface area contributed by atoms with E-state index in [-0.39, 0.29) is 0 Å². The Morgan fingerprint density at radius 1 is 1.14 bits per heavy atom. The molecule has 0 aliphatic heterocycles. The van der Waals surface area contributed by atoms with Crippen molar-refractivity contribution in [3.05, 3.63) is 0 Å². The second-order valence-electron chi connectivity index (χ2n) is 4.61. The molecule has 0 radical (unpaired) electrons.